The summed E-state index contributed by atoms with van der Waals surface area (Å²) >= 11 is 5.81. The molecule has 3 nitrogen and oxygen atoms in total. The molecule has 0 spiro atoms. The third-order valence-corrected chi connectivity index (χ3v) is 3.35. The summed E-state index contributed by atoms with van der Waals surface area (Å²) in [5, 5.41) is 9.14. The number of methoxy groups -OCH3 is 1. The second-order valence-corrected chi connectivity index (χ2v) is 4.76. The van der Waals surface area contributed by atoms with Crippen LogP contribution in [-0.4, -0.2) is 18.2 Å². The number of hydrogen-bond donors (Lipinski definition) is 1. The maximum Gasteiger partial charge on any atom is 0.304 e. The summed E-state index contributed by atoms with van der Waals surface area (Å²) in [4.78, 5) is 10.8. The highest BCUT2D eigenvalue weighted by molar-refractivity contribution is 6.30. The lowest BCUT2D eigenvalue weighted by molar-refractivity contribution is -0.137. The molecule has 0 unspecified atom stereocenters. The van der Waals surface area contributed by atoms with Crippen molar-refractivity contribution < 1.29 is 19.0 Å². The molecule has 1 fully saturated rings. The van der Waals surface area contributed by atoms with Gasteiger partial charge in [-0.15, -0.1) is 0 Å². The smallest absolute Gasteiger partial charge is 0.304 e. The second kappa shape index (κ2) is 4.18. The molecule has 1 aromatic carbocycles. The number of aliphatic carboxylic acids is 1. The quantitative estimate of drug-likeness (QED) is 0.903. The van der Waals surface area contributed by atoms with Crippen LogP contribution < -0.4 is 4.74 Å². The zero-order valence-corrected chi connectivity index (χ0v) is 10.1. The average molecular weight is 259 g/mol. The molecule has 0 saturated heterocycles. The van der Waals surface area contributed by atoms with Gasteiger partial charge in [0.25, 0.3) is 0 Å². The highest BCUT2D eigenvalue weighted by Gasteiger charge is 2.48. The molecule has 1 aromatic rings. The van der Waals surface area contributed by atoms with E-state index in [1.54, 1.807) is 6.07 Å². The third kappa shape index (κ3) is 2.22. The minimum Gasteiger partial charge on any atom is -0.493 e. The van der Waals surface area contributed by atoms with Crippen LogP contribution in [0.4, 0.5) is 4.39 Å². The van der Waals surface area contributed by atoms with Gasteiger partial charge in [-0.1, -0.05) is 11.6 Å². The Morgan fingerprint density at radius 2 is 2.24 bits per heavy atom. The van der Waals surface area contributed by atoms with Crippen LogP contribution in [0.5, 0.6) is 5.75 Å². The van der Waals surface area contributed by atoms with Crippen molar-refractivity contribution in [3.63, 3.8) is 0 Å². The van der Waals surface area contributed by atoms with Crippen molar-refractivity contribution in [1.29, 1.82) is 0 Å². The zero-order valence-electron chi connectivity index (χ0n) is 9.30. The molecule has 0 radical (unpaired) electrons. The van der Waals surface area contributed by atoms with Gasteiger partial charge in [0.05, 0.1) is 13.5 Å². The standard InChI is InChI=1S/C12H12ClFO3/c1-17-11-8(4-7(13)5-9(11)14)12(2-3-12)6-10(15)16/h4-5H,2-3,6H2,1H3,(H,15,16). The number of hydrogen-bond acceptors (Lipinski definition) is 2. The van der Waals surface area contributed by atoms with Crippen LogP contribution in [0, 0.1) is 5.82 Å². The van der Waals surface area contributed by atoms with Crippen molar-refractivity contribution in [3.05, 3.63) is 28.5 Å². The highest BCUT2D eigenvalue weighted by atomic mass is 35.5. The molecule has 1 saturated carbocycles. The van der Waals surface area contributed by atoms with Gasteiger partial charge in [-0.05, 0) is 25.0 Å². The predicted molar refractivity (Wildman–Crippen MR) is 61.1 cm³/mol. The van der Waals surface area contributed by atoms with Crippen molar-refractivity contribution in [1.82, 2.24) is 0 Å². The van der Waals surface area contributed by atoms with Gasteiger partial charge < -0.3 is 9.84 Å². The number of benzene rings is 1. The summed E-state index contributed by atoms with van der Waals surface area (Å²) in [5.74, 6) is -1.34. The third-order valence-electron chi connectivity index (χ3n) is 3.13. The minimum atomic E-state index is -0.898. The molecule has 0 amide bonds. The normalized spacial score (nSPS) is 16.6. The number of rotatable bonds is 4. The topological polar surface area (TPSA) is 46.5 Å². The van der Waals surface area contributed by atoms with E-state index in [4.69, 9.17) is 21.4 Å². The molecule has 92 valence electrons. The maximum absolute atomic E-state index is 13.6. The van der Waals surface area contributed by atoms with E-state index < -0.39 is 17.2 Å². The Balaban J connectivity index is 2.47. The lowest BCUT2D eigenvalue weighted by Gasteiger charge is -2.17. The van der Waals surface area contributed by atoms with E-state index in [1.165, 1.54) is 13.2 Å². The molecule has 0 atom stereocenters. The molecule has 17 heavy (non-hydrogen) atoms. The van der Waals surface area contributed by atoms with Crippen LogP contribution >= 0.6 is 11.6 Å². The lowest BCUT2D eigenvalue weighted by atomic mass is 9.91. The van der Waals surface area contributed by atoms with Crippen molar-refractivity contribution in [2.45, 2.75) is 24.7 Å². The number of carboxylic acid groups (broad SMARTS) is 1. The van der Waals surface area contributed by atoms with Gasteiger partial charge in [0, 0.05) is 16.0 Å². The van der Waals surface area contributed by atoms with Gasteiger partial charge in [-0.2, -0.15) is 0 Å². The van der Waals surface area contributed by atoms with Crippen LogP contribution in [-0.2, 0) is 10.2 Å². The first-order valence-corrected chi connectivity index (χ1v) is 5.61. The molecule has 2 rings (SSSR count). The van der Waals surface area contributed by atoms with Gasteiger partial charge in [0.2, 0.25) is 0 Å². The predicted octanol–water partition coefficient (Wildman–Crippen LogP) is 2.99. The summed E-state index contributed by atoms with van der Waals surface area (Å²) in [6.07, 6.45) is 1.41. The fourth-order valence-electron chi connectivity index (χ4n) is 2.14. The first kappa shape index (κ1) is 12.2. The highest BCUT2D eigenvalue weighted by Crippen LogP contribution is 2.54. The van der Waals surface area contributed by atoms with Gasteiger partial charge in [-0.3, -0.25) is 4.79 Å². The Labute approximate surface area is 103 Å². The number of carbonyl (C=O) groups is 1. The van der Waals surface area contributed by atoms with Crippen molar-refractivity contribution in [3.8, 4) is 5.75 Å². The minimum absolute atomic E-state index is 0.0247. The molecule has 1 aliphatic rings. The monoisotopic (exact) mass is 258 g/mol. The van der Waals surface area contributed by atoms with E-state index in [1.807, 2.05) is 0 Å². The first-order chi connectivity index (χ1) is 7.98. The van der Waals surface area contributed by atoms with Crippen molar-refractivity contribution >= 4 is 17.6 Å². The van der Waals surface area contributed by atoms with Gasteiger partial charge in [-0.25, -0.2) is 4.39 Å². The Hall–Kier alpha value is -1.29. The molecule has 0 aromatic heterocycles. The molecule has 0 aliphatic heterocycles. The molecule has 0 bridgehead atoms. The average Bonchev–Trinajstić information content (AvgIpc) is 2.96. The summed E-state index contributed by atoms with van der Waals surface area (Å²) in [6, 6.07) is 2.76. The van der Waals surface area contributed by atoms with Crippen LogP contribution in [0.1, 0.15) is 24.8 Å². The zero-order chi connectivity index (χ0) is 12.6. The maximum atomic E-state index is 13.6. The fraction of sp³-hybridized carbons (Fsp3) is 0.417. The summed E-state index contributed by atoms with van der Waals surface area (Å²) in [5.41, 5.74) is 0.0514. The fourth-order valence-corrected chi connectivity index (χ4v) is 2.35. The van der Waals surface area contributed by atoms with Crippen LogP contribution in [0.15, 0.2) is 12.1 Å². The van der Waals surface area contributed by atoms with Crippen molar-refractivity contribution in [2.24, 2.45) is 0 Å². The Morgan fingerprint density at radius 1 is 1.59 bits per heavy atom. The SMILES string of the molecule is COc1c(F)cc(Cl)cc1C1(CC(=O)O)CC1. The Bertz CT molecular complexity index is 469. The van der Waals surface area contributed by atoms with Gasteiger partial charge in [0.15, 0.2) is 11.6 Å². The molecule has 0 heterocycles. The lowest BCUT2D eigenvalue weighted by Crippen LogP contribution is -2.14. The van der Waals surface area contributed by atoms with Gasteiger partial charge >= 0.3 is 5.97 Å². The van der Waals surface area contributed by atoms with E-state index in [2.05, 4.69) is 0 Å². The van der Waals surface area contributed by atoms with E-state index >= 15 is 0 Å². The summed E-state index contributed by atoms with van der Waals surface area (Å²) < 4.78 is 18.7. The Morgan fingerprint density at radius 3 is 2.71 bits per heavy atom. The van der Waals surface area contributed by atoms with Crippen LogP contribution in [0.2, 0.25) is 5.02 Å². The van der Waals surface area contributed by atoms with Crippen molar-refractivity contribution in [2.75, 3.05) is 7.11 Å². The van der Waals surface area contributed by atoms with E-state index in [9.17, 15) is 9.18 Å². The Kier molecular flexibility index (Phi) is 3.00. The number of ether oxygens (including phenoxy) is 1. The second-order valence-electron chi connectivity index (χ2n) is 4.32. The number of halogens is 2. The molecule has 1 N–H and O–H groups in total. The van der Waals surface area contributed by atoms with E-state index in [0.29, 0.717) is 5.56 Å². The van der Waals surface area contributed by atoms with E-state index in [0.717, 1.165) is 12.8 Å². The van der Waals surface area contributed by atoms with Crippen LogP contribution in [0.25, 0.3) is 0 Å². The molecule has 1 aliphatic carbocycles. The summed E-state index contributed by atoms with van der Waals surface area (Å²) in [7, 11) is 1.37. The van der Waals surface area contributed by atoms with Gasteiger partial charge in [0.1, 0.15) is 0 Å². The van der Waals surface area contributed by atoms with Crippen LogP contribution in [0.3, 0.4) is 0 Å². The first-order valence-electron chi connectivity index (χ1n) is 5.24. The number of carboxylic acids is 1. The molecular weight excluding hydrogens is 247 g/mol. The largest absolute Gasteiger partial charge is 0.493 e. The summed E-state index contributed by atoms with van der Waals surface area (Å²) in [6.45, 7) is 0. The van der Waals surface area contributed by atoms with E-state index in [-0.39, 0.29) is 17.2 Å². The molecular formula is C12H12ClFO3. The molecule has 5 heteroatoms.